The summed E-state index contributed by atoms with van der Waals surface area (Å²) >= 11 is 1.35. The summed E-state index contributed by atoms with van der Waals surface area (Å²) in [5, 5.41) is 17.1. The Bertz CT molecular complexity index is 1410. The molecule has 0 aliphatic carbocycles. The number of hydrazone groups is 1. The van der Waals surface area contributed by atoms with Gasteiger partial charge in [-0.1, -0.05) is 29.5 Å². The standard InChI is InChI=1S/C25H20N4O4S/c1-17-6-12-22-23(14-17)34-25(27-22)28(26-16-19-7-10-21(33-2)11-8-19)24(30)13-9-18-4-3-5-20(15-18)29(31)32/h3-16H,1-2H3/b13-9+,26-16+. The number of nitro benzene ring substituents is 1. The zero-order chi connectivity index (χ0) is 24.1. The smallest absolute Gasteiger partial charge is 0.273 e. The van der Waals surface area contributed by atoms with Crippen LogP contribution < -0.4 is 9.75 Å². The molecule has 0 bridgehead atoms. The van der Waals surface area contributed by atoms with Crippen LogP contribution in [-0.4, -0.2) is 29.1 Å². The van der Waals surface area contributed by atoms with Gasteiger partial charge in [0.1, 0.15) is 5.75 Å². The summed E-state index contributed by atoms with van der Waals surface area (Å²) in [5.41, 5.74) is 3.11. The molecule has 170 valence electrons. The monoisotopic (exact) mass is 472 g/mol. The highest BCUT2D eigenvalue weighted by Crippen LogP contribution is 2.30. The molecule has 0 aliphatic rings. The minimum Gasteiger partial charge on any atom is -0.497 e. The number of aromatic nitrogens is 1. The molecule has 0 fully saturated rings. The molecule has 0 aliphatic heterocycles. The summed E-state index contributed by atoms with van der Waals surface area (Å²) in [6.07, 6.45) is 4.40. The second-order valence-electron chi connectivity index (χ2n) is 7.32. The first kappa shape index (κ1) is 22.8. The quantitative estimate of drug-likeness (QED) is 0.151. The van der Waals surface area contributed by atoms with Crippen LogP contribution in [0, 0.1) is 17.0 Å². The number of anilines is 1. The maximum Gasteiger partial charge on any atom is 0.273 e. The molecule has 0 atom stereocenters. The molecule has 0 saturated carbocycles. The Kier molecular flexibility index (Phi) is 6.74. The molecule has 1 amide bonds. The third-order valence-corrected chi connectivity index (χ3v) is 5.85. The molecule has 8 nitrogen and oxygen atoms in total. The van der Waals surface area contributed by atoms with Crippen molar-refractivity contribution in [3.63, 3.8) is 0 Å². The Labute approximate surface area is 199 Å². The molecule has 0 saturated heterocycles. The lowest BCUT2D eigenvalue weighted by molar-refractivity contribution is -0.384. The van der Waals surface area contributed by atoms with Gasteiger partial charge in [-0.05, 0) is 66.1 Å². The van der Waals surface area contributed by atoms with Gasteiger partial charge < -0.3 is 4.74 Å². The van der Waals surface area contributed by atoms with Crippen molar-refractivity contribution >= 4 is 50.6 Å². The van der Waals surface area contributed by atoms with Gasteiger partial charge in [0.2, 0.25) is 5.13 Å². The van der Waals surface area contributed by atoms with Gasteiger partial charge in [0.25, 0.3) is 11.6 Å². The number of non-ortho nitro benzene ring substituents is 1. The number of nitro groups is 1. The number of carbonyl (C=O) groups is 1. The highest BCUT2D eigenvalue weighted by Gasteiger charge is 2.17. The van der Waals surface area contributed by atoms with Gasteiger partial charge in [0, 0.05) is 18.2 Å². The fourth-order valence-corrected chi connectivity index (χ4v) is 4.13. The summed E-state index contributed by atoms with van der Waals surface area (Å²) in [7, 11) is 1.59. The molecule has 34 heavy (non-hydrogen) atoms. The number of thiazole rings is 1. The third-order valence-electron chi connectivity index (χ3n) is 4.86. The van der Waals surface area contributed by atoms with Crippen molar-refractivity contribution in [1.82, 2.24) is 4.98 Å². The van der Waals surface area contributed by atoms with E-state index in [0.717, 1.165) is 21.3 Å². The second-order valence-corrected chi connectivity index (χ2v) is 8.33. The topological polar surface area (TPSA) is 97.9 Å². The first-order chi connectivity index (χ1) is 16.4. The lowest BCUT2D eigenvalue weighted by atomic mass is 10.2. The van der Waals surface area contributed by atoms with Crippen molar-refractivity contribution in [2.24, 2.45) is 5.10 Å². The van der Waals surface area contributed by atoms with Gasteiger partial charge in [-0.2, -0.15) is 10.1 Å². The number of benzene rings is 3. The lowest BCUT2D eigenvalue weighted by Crippen LogP contribution is -2.23. The fourth-order valence-electron chi connectivity index (χ4n) is 3.11. The predicted octanol–water partition coefficient (Wildman–Crippen LogP) is 5.60. The van der Waals surface area contributed by atoms with Crippen molar-refractivity contribution in [2.75, 3.05) is 12.1 Å². The number of carbonyl (C=O) groups excluding carboxylic acids is 1. The molecule has 3 aromatic carbocycles. The van der Waals surface area contributed by atoms with Gasteiger partial charge in [-0.15, -0.1) is 0 Å². The van der Waals surface area contributed by atoms with Gasteiger partial charge in [-0.3, -0.25) is 14.9 Å². The zero-order valence-electron chi connectivity index (χ0n) is 18.4. The van der Waals surface area contributed by atoms with Crippen molar-refractivity contribution in [2.45, 2.75) is 6.92 Å². The Morgan fingerprint density at radius 2 is 1.91 bits per heavy atom. The van der Waals surface area contributed by atoms with Crippen LogP contribution in [0.4, 0.5) is 10.8 Å². The van der Waals surface area contributed by atoms with Gasteiger partial charge in [-0.25, -0.2) is 4.98 Å². The number of nitrogens with zero attached hydrogens (tertiary/aromatic N) is 4. The highest BCUT2D eigenvalue weighted by atomic mass is 32.1. The van der Waals surface area contributed by atoms with E-state index in [0.29, 0.717) is 16.4 Å². The van der Waals surface area contributed by atoms with Crippen LogP contribution in [0.1, 0.15) is 16.7 Å². The Morgan fingerprint density at radius 3 is 2.65 bits per heavy atom. The van der Waals surface area contributed by atoms with E-state index < -0.39 is 10.8 Å². The maximum atomic E-state index is 13.1. The number of amides is 1. The van der Waals surface area contributed by atoms with Crippen LogP contribution in [-0.2, 0) is 4.79 Å². The van der Waals surface area contributed by atoms with E-state index in [4.69, 9.17) is 4.74 Å². The molecule has 0 radical (unpaired) electrons. The second kappa shape index (κ2) is 10.1. The van der Waals surface area contributed by atoms with E-state index in [-0.39, 0.29) is 5.69 Å². The molecule has 9 heteroatoms. The first-order valence-electron chi connectivity index (χ1n) is 10.2. The van der Waals surface area contributed by atoms with Crippen LogP contribution in [0.2, 0.25) is 0 Å². The normalized spacial score (nSPS) is 11.4. The number of rotatable bonds is 7. The van der Waals surface area contributed by atoms with Crippen LogP contribution in [0.5, 0.6) is 5.75 Å². The molecule has 0 spiro atoms. The number of hydrogen-bond acceptors (Lipinski definition) is 7. The summed E-state index contributed by atoms with van der Waals surface area (Å²) in [6, 6.07) is 19.2. The van der Waals surface area contributed by atoms with E-state index in [1.54, 1.807) is 37.6 Å². The SMILES string of the molecule is COc1ccc(/C=N/N(C(=O)/C=C/c2cccc([N+](=O)[O-])c2)c2nc3ccc(C)cc3s2)cc1. The van der Waals surface area contributed by atoms with Gasteiger partial charge >= 0.3 is 0 Å². The average Bonchev–Trinajstić information content (AvgIpc) is 3.26. The number of aryl methyl sites for hydroxylation is 1. The Morgan fingerprint density at radius 1 is 1.12 bits per heavy atom. The molecular weight excluding hydrogens is 452 g/mol. The lowest BCUT2D eigenvalue weighted by Gasteiger charge is -2.11. The maximum absolute atomic E-state index is 13.1. The predicted molar refractivity (Wildman–Crippen MR) is 135 cm³/mol. The summed E-state index contributed by atoms with van der Waals surface area (Å²) < 4.78 is 6.11. The van der Waals surface area contributed by atoms with Crippen LogP contribution in [0.25, 0.3) is 16.3 Å². The van der Waals surface area contributed by atoms with Gasteiger partial charge in [0.15, 0.2) is 0 Å². The first-order valence-corrected chi connectivity index (χ1v) is 11.1. The number of methoxy groups -OCH3 is 1. The molecule has 1 aromatic heterocycles. The van der Waals surface area contributed by atoms with E-state index in [1.807, 2.05) is 37.3 Å². The Balaban J connectivity index is 1.66. The van der Waals surface area contributed by atoms with Crippen molar-refractivity contribution in [1.29, 1.82) is 0 Å². The fraction of sp³-hybridized carbons (Fsp3) is 0.0800. The molecular formula is C25H20N4O4S. The molecule has 4 aromatic rings. The third kappa shape index (κ3) is 5.33. The van der Waals surface area contributed by atoms with Crippen LogP contribution in [0.15, 0.2) is 77.9 Å². The van der Waals surface area contributed by atoms with Crippen LogP contribution >= 0.6 is 11.3 Å². The van der Waals surface area contributed by atoms with E-state index in [2.05, 4.69) is 10.1 Å². The summed E-state index contributed by atoms with van der Waals surface area (Å²) in [6.45, 7) is 1.99. The summed E-state index contributed by atoms with van der Waals surface area (Å²) in [5.74, 6) is 0.276. The van der Waals surface area contributed by atoms with Crippen molar-refractivity contribution < 1.29 is 14.5 Å². The van der Waals surface area contributed by atoms with Crippen molar-refractivity contribution in [3.05, 3.63) is 99.6 Å². The number of hydrogen-bond donors (Lipinski definition) is 0. The van der Waals surface area contributed by atoms with Crippen LogP contribution in [0.3, 0.4) is 0 Å². The van der Waals surface area contributed by atoms with Gasteiger partial charge in [0.05, 0.1) is 28.5 Å². The number of fused-ring (bicyclic) bond motifs is 1. The largest absolute Gasteiger partial charge is 0.497 e. The molecule has 4 rings (SSSR count). The highest BCUT2D eigenvalue weighted by molar-refractivity contribution is 7.22. The van der Waals surface area contributed by atoms with Crippen molar-refractivity contribution in [3.8, 4) is 5.75 Å². The van der Waals surface area contributed by atoms with E-state index in [9.17, 15) is 14.9 Å². The average molecular weight is 473 g/mol. The molecule has 1 heterocycles. The summed E-state index contributed by atoms with van der Waals surface area (Å²) in [4.78, 5) is 28.3. The molecule has 0 N–H and O–H groups in total. The number of ether oxygens (including phenoxy) is 1. The molecule has 0 unspecified atom stereocenters. The minimum atomic E-state index is -0.478. The minimum absolute atomic E-state index is 0.0504. The Hall–Kier alpha value is -4.37. The van der Waals surface area contributed by atoms with E-state index in [1.165, 1.54) is 40.6 Å². The zero-order valence-corrected chi connectivity index (χ0v) is 19.2. The van der Waals surface area contributed by atoms with E-state index >= 15 is 0 Å².